The van der Waals surface area contributed by atoms with E-state index in [1.54, 1.807) is 26.8 Å². The highest BCUT2D eigenvalue weighted by molar-refractivity contribution is 5.67. The van der Waals surface area contributed by atoms with Crippen LogP contribution in [0.4, 0.5) is 16.2 Å². The summed E-state index contributed by atoms with van der Waals surface area (Å²) in [5.74, 6) is 0. The minimum Gasteiger partial charge on any atom is -0.444 e. The Hall–Kier alpha value is -3.09. The molecule has 2 aromatic rings. The van der Waals surface area contributed by atoms with Gasteiger partial charge in [0.25, 0.3) is 5.69 Å². The van der Waals surface area contributed by atoms with Crippen LogP contribution >= 0.6 is 0 Å². The second-order valence-electron chi connectivity index (χ2n) is 7.11. The summed E-state index contributed by atoms with van der Waals surface area (Å²) in [5, 5.41) is 13.8. The Balaban J connectivity index is 2.09. The molecule has 144 valence electrons. The van der Waals surface area contributed by atoms with Crippen LogP contribution in [-0.4, -0.2) is 29.7 Å². The zero-order chi connectivity index (χ0) is 19.9. The first-order valence-electron chi connectivity index (χ1n) is 8.75. The van der Waals surface area contributed by atoms with Crippen LogP contribution in [0.15, 0.2) is 54.6 Å². The van der Waals surface area contributed by atoms with Crippen LogP contribution in [0.2, 0.25) is 0 Å². The number of alkyl carbamates (subject to hydrolysis) is 1. The van der Waals surface area contributed by atoms with Crippen molar-refractivity contribution < 1.29 is 14.5 Å². The van der Waals surface area contributed by atoms with Gasteiger partial charge in [0.1, 0.15) is 5.60 Å². The topological polar surface area (TPSA) is 84.7 Å². The van der Waals surface area contributed by atoms with E-state index >= 15 is 0 Å². The van der Waals surface area contributed by atoms with Crippen LogP contribution in [0.1, 0.15) is 26.3 Å². The molecule has 0 saturated carbocycles. The first-order valence-corrected chi connectivity index (χ1v) is 8.75. The van der Waals surface area contributed by atoms with Crippen molar-refractivity contribution in [1.82, 2.24) is 5.32 Å². The molecule has 7 heteroatoms. The predicted molar refractivity (Wildman–Crippen MR) is 105 cm³/mol. The van der Waals surface area contributed by atoms with Gasteiger partial charge in [-0.2, -0.15) is 0 Å². The van der Waals surface area contributed by atoms with Gasteiger partial charge in [-0.15, -0.1) is 0 Å². The molecule has 0 aromatic heterocycles. The van der Waals surface area contributed by atoms with Crippen LogP contribution in [0.3, 0.4) is 0 Å². The van der Waals surface area contributed by atoms with Crippen molar-refractivity contribution in [1.29, 1.82) is 0 Å². The number of nitro groups is 1. The number of benzene rings is 2. The summed E-state index contributed by atoms with van der Waals surface area (Å²) < 4.78 is 5.24. The van der Waals surface area contributed by atoms with Gasteiger partial charge in [0.2, 0.25) is 0 Å². The molecule has 27 heavy (non-hydrogen) atoms. The van der Waals surface area contributed by atoms with Crippen LogP contribution < -0.4 is 10.2 Å². The van der Waals surface area contributed by atoms with Crippen molar-refractivity contribution in [2.45, 2.75) is 32.9 Å². The van der Waals surface area contributed by atoms with E-state index in [-0.39, 0.29) is 5.69 Å². The first kappa shape index (κ1) is 20.2. The summed E-state index contributed by atoms with van der Waals surface area (Å²) in [7, 11) is 0. The van der Waals surface area contributed by atoms with Gasteiger partial charge in [0.15, 0.2) is 0 Å². The van der Waals surface area contributed by atoms with Crippen molar-refractivity contribution in [2.75, 3.05) is 18.0 Å². The number of non-ortho nitro benzene ring substituents is 1. The molecule has 0 aliphatic rings. The standard InChI is InChI=1S/C20H25N3O4/c1-20(2,3)27-19(24)21-12-13-22(15-16-8-5-4-6-9-16)17-10-7-11-18(14-17)23(25)26/h4-11,14H,12-13,15H2,1-3H3,(H,21,24). The number of carbonyl (C=O) groups excluding carboxylic acids is 1. The number of rotatable bonds is 7. The summed E-state index contributed by atoms with van der Waals surface area (Å²) in [6, 6.07) is 16.3. The van der Waals surface area contributed by atoms with Gasteiger partial charge < -0.3 is 15.0 Å². The molecule has 0 unspecified atom stereocenters. The summed E-state index contributed by atoms with van der Waals surface area (Å²) in [6.45, 7) is 6.81. The maximum atomic E-state index is 11.8. The Bertz CT molecular complexity index is 772. The molecule has 0 radical (unpaired) electrons. The fraction of sp³-hybridized carbons (Fsp3) is 0.350. The summed E-state index contributed by atoms with van der Waals surface area (Å²) in [4.78, 5) is 24.5. The van der Waals surface area contributed by atoms with E-state index in [9.17, 15) is 14.9 Å². The lowest BCUT2D eigenvalue weighted by Gasteiger charge is -2.26. The van der Waals surface area contributed by atoms with E-state index in [1.807, 2.05) is 41.3 Å². The quantitative estimate of drug-likeness (QED) is 0.584. The van der Waals surface area contributed by atoms with Crippen molar-refractivity contribution in [3.63, 3.8) is 0 Å². The number of ether oxygens (including phenoxy) is 1. The Morgan fingerprint density at radius 1 is 1.15 bits per heavy atom. The minimum atomic E-state index is -0.562. The second kappa shape index (κ2) is 9.02. The summed E-state index contributed by atoms with van der Waals surface area (Å²) in [6.07, 6.45) is -0.485. The highest BCUT2D eigenvalue weighted by Crippen LogP contribution is 2.22. The summed E-state index contributed by atoms with van der Waals surface area (Å²) >= 11 is 0. The monoisotopic (exact) mass is 371 g/mol. The maximum absolute atomic E-state index is 11.8. The number of nitrogens with zero attached hydrogens (tertiary/aromatic N) is 2. The van der Waals surface area contributed by atoms with E-state index in [0.29, 0.717) is 19.6 Å². The van der Waals surface area contributed by atoms with Crippen LogP contribution in [0.25, 0.3) is 0 Å². The van der Waals surface area contributed by atoms with Gasteiger partial charge in [-0.05, 0) is 32.4 Å². The van der Waals surface area contributed by atoms with Crippen molar-refractivity contribution in [3.05, 3.63) is 70.3 Å². The van der Waals surface area contributed by atoms with Crippen LogP contribution in [-0.2, 0) is 11.3 Å². The predicted octanol–water partition coefficient (Wildman–Crippen LogP) is 4.13. The molecular formula is C20H25N3O4. The smallest absolute Gasteiger partial charge is 0.407 e. The van der Waals surface area contributed by atoms with Crippen molar-refractivity contribution >= 4 is 17.5 Å². The number of carbonyl (C=O) groups is 1. The third-order valence-electron chi connectivity index (χ3n) is 3.67. The lowest BCUT2D eigenvalue weighted by molar-refractivity contribution is -0.384. The molecule has 0 bridgehead atoms. The zero-order valence-corrected chi connectivity index (χ0v) is 15.8. The molecule has 0 spiro atoms. The third-order valence-corrected chi connectivity index (χ3v) is 3.67. The maximum Gasteiger partial charge on any atom is 0.407 e. The minimum absolute atomic E-state index is 0.0330. The molecule has 0 aliphatic carbocycles. The molecule has 0 atom stereocenters. The number of amides is 1. The number of nitro benzene ring substituents is 1. The number of anilines is 1. The highest BCUT2D eigenvalue weighted by atomic mass is 16.6. The molecular weight excluding hydrogens is 346 g/mol. The van der Waals surface area contributed by atoms with E-state index in [2.05, 4.69) is 5.32 Å². The second-order valence-corrected chi connectivity index (χ2v) is 7.11. The van der Waals surface area contributed by atoms with E-state index < -0.39 is 16.6 Å². The Kier molecular flexibility index (Phi) is 6.76. The number of hydrogen-bond donors (Lipinski definition) is 1. The molecule has 1 amide bonds. The van der Waals surface area contributed by atoms with E-state index in [0.717, 1.165) is 11.3 Å². The van der Waals surface area contributed by atoms with Gasteiger partial charge in [-0.3, -0.25) is 10.1 Å². The van der Waals surface area contributed by atoms with Crippen LogP contribution in [0, 0.1) is 10.1 Å². The Morgan fingerprint density at radius 2 is 1.85 bits per heavy atom. The first-order chi connectivity index (χ1) is 12.7. The van der Waals surface area contributed by atoms with E-state index in [4.69, 9.17) is 4.74 Å². The third kappa shape index (κ3) is 6.97. The average Bonchev–Trinajstić information content (AvgIpc) is 2.60. The molecule has 0 aliphatic heterocycles. The van der Waals surface area contributed by atoms with Gasteiger partial charge in [-0.25, -0.2) is 4.79 Å². The average molecular weight is 371 g/mol. The van der Waals surface area contributed by atoms with Crippen LogP contribution in [0.5, 0.6) is 0 Å². The largest absolute Gasteiger partial charge is 0.444 e. The lowest BCUT2D eigenvalue weighted by Crippen LogP contribution is -2.38. The summed E-state index contributed by atoms with van der Waals surface area (Å²) in [5.41, 5.74) is 1.26. The Labute approximate surface area is 159 Å². The highest BCUT2D eigenvalue weighted by Gasteiger charge is 2.17. The molecule has 0 fully saturated rings. The molecule has 2 aromatic carbocycles. The van der Waals surface area contributed by atoms with Gasteiger partial charge in [-0.1, -0.05) is 36.4 Å². The SMILES string of the molecule is CC(C)(C)OC(=O)NCCN(Cc1ccccc1)c1cccc([N+](=O)[O-])c1. The van der Waals surface area contributed by atoms with Crippen molar-refractivity contribution in [3.8, 4) is 0 Å². The van der Waals surface area contributed by atoms with Gasteiger partial charge >= 0.3 is 6.09 Å². The van der Waals surface area contributed by atoms with Gasteiger partial charge in [0.05, 0.1) is 4.92 Å². The number of nitrogens with one attached hydrogen (secondary N) is 1. The number of hydrogen-bond acceptors (Lipinski definition) is 5. The normalized spacial score (nSPS) is 10.9. The Morgan fingerprint density at radius 3 is 2.48 bits per heavy atom. The molecule has 2 rings (SSSR count). The zero-order valence-electron chi connectivity index (χ0n) is 15.8. The fourth-order valence-electron chi connectivity index (χ4n) is 2.51. The lowest BCUT2D eigenvalue weighted by atomic mass is 10.2. The van der Waals surface area contributed by atoms with Crippen molar-refractivity contribution in [2.24, 2.45) is 0 Å². The molecule has 1 N–H and O–H groups in total. The molecule has 0 saturated heterocycles. The van der Waals surface area contributed by atoms with E-state index in [1.165, 1.54) is 12.1 Å². The van der Waals surface area contributed by atoms with Gasteiger partial charge in [0, 0.05) is 37.5 Å². The molecule has 7 nitrogen and oxygen atoms in total. The fourth-order valence-corrected chi connectivity index (χ4v) is 2.51. The molecule has 0 heterocycles.